The monoisotopic (exact) mass is 433 g/mol. The third-order valence-electron chi connectivity index (χ3n) is 5.21. The third-order valence-corrected chi connectivity index (χ3v) is 5.21. The molecule has 0 spiro atoms. The number of hydrogen-bond donors (Lipinski definition) is 2. The Balaban J connectivity index is 1.37. The second kappa shape index (κ2) is 10.7. The van der Waals surface area contributed by atoms with E-state index >= 15 is 0 Å². The maximum Gasteiger partial charge on any atom is 0.280 e. The second-order valence-corrected chi connectivity index (χ2v) is 7.60. The fourth-order valence-electron chi connectivity index (χ4n) is 3.50. The zero-order valence-corrected chi connectivity index (χ0v) is 17.8. The summed E-state index contributed by atoms with van der Waals surface area (Å²) in [5, 5.41) is 0. The second-order valence-electron chi connectivity index (χ2n) is 7.60. The van der Waals surface area contributed by atoms with Crippen molar-refractivity contribution in [3.05, 3.63) is 88.5 Å². The lowest BCUT2D eigenvalue weighted by Crippen LogP contribution is -2.19. The van der Waals surface area contributed by atoms with Crippen molar-refractivity contribution in [2.24, 2.45) is 0 Å². The minimum atomic E-state index is -0.336. The third kappa shape index (κ3) is 5.81. The van der Waals surface area contributed by atoms with E-state index < -0.39 is 0 Å². The van der Waals surface area contributed by atoms with Crippen LogP contribution in [0.1, 0.15) is 24.0 Å². The number of hydrogen-bond acceptors (Lipinski definition) is 6. The molecule has 2 aromatic heterocycles. The SMILES string of the molecule is Nc1nc2c(ncn2CC[C@@H](CCOCc2ccccc2)OCc2ccccc2)c(=O)[nH]1. The normalized spacial score (nSPS) is 12.2. The molecule has 0 aliphatic heterocycles. The molecular weight excluding hydrogens is 406 g/mol. The van der Waals surface area contributed by atoms with E-state index in [2.05, 4.69) is 15.0 Å². The fraction of sp³-hybridized carbons (Fsp3) is 0.292. The number of fused-ring (bicyclic) bond motifs is 1. The standard InChI is InChI=1S/C24H27N5O3/c25-24-27-22-21(23(30)28-24)26-17-29(22)13-11-20(32-16-19-9-5-2-6-10-19)12-14-31-15-18-7-3-1-4-8-18/h1-10,17,20H,11-16H2,(H3,25,27,28,30)/t20-/m0/s1. The van der Waals surface area contributed by atoms with Crippen molar-refractivity contribution in [3.63, 3.8) is 0 Å². The van der Waals surface area contributed by atoms with E-state index in [-0.39, 0.29) is 23.1 Å². The number of imidazole rings is 1. The summed E-state index contributed by atoms with van der Waals surface area (Å²) in [5.41, 5.74) is 8.40. The van der Waals surface area contributed by atoms with Crippen molar-refractivity contribution in [2.75, 3.05) is 12.3 Å². The van der Waals surface area contributed by atoms with Gasteiger partial charge in [-0.2, -0.15) is 4.98 Å². The molecule has 166 valence electrons. The maximum absolute atomic E-state index is 12.0. The van der Waals surface area contributed by atoms with Gasteiger partial charge in [0.25, 0.3) is 5.56 Å². The Bertz CT molecular complexity index is 1170. The average molecular weight is 434 g/mol. The van der Waals surface area contributed by atoms with Gasteiger partial charge in [-0.15, -0.1) is 0 Å². The molecule has 2 aromatic carbocycles. The molecule has 3 N–H and O–H groups in total. The van der Waals surface area contributed by atoms with E-state index in [0.29, 0.717) is 32.0 Å². The summed E-state index contributed by atoms with van der Waals surface area (Å²) < 4.78 is 13.9. The quantitative estimate of drug-likeness (QED) is 0.352. The van der Waals surface area contributed by atoms with Crippen molar-refractivity contribution in [1.29, 1.82) is 0 Å². The Morgan fingerprint density at radius 1 is 0.969 bits per heavy atom. The maximum atomic E-state index is 12.0. The van der Waals surface area contributed by atoms with Gasteiger partial charge >= 0.3 is 0 Å². The highest BCUT2D eigenvalue weighted by Gasteiger charge is 2.14. The van der Waals surface area contributed by atoms with Gasteiger partial charge in [-0.05, 0) is 24.0 Å². The van der Waals surface area contributed by atoms with Crippen LogP contribution in [0, 0.1) is 0 Å². The molecule has 8 heteroatoms. The lowest BCUT2D eigenvalue weighted by atomic mass is 10.1. The summed E-state index contributed by atoms with van der Waals surface area (Å²) in [6.07, 6.45) is 3.07. The number of rotatable bonds is 11. The lowest BCUT2D eigenvalue weighted by molar-refractivity contribution is 0.00242. The van der Waals surface area contributed by atoms with Gasteiger partial charge in [0.1, 0.15) is 0 Å². The molecule has 2 heterocycles. The summed E-state index contributed by atoms with van der Waals surface area (Å²) in [4.78, 5) is 22.9. The van der Waals surface area contributed by atoms with Gasteiger partial charge in [0, 0.05) is 13.2 Å². The summed E-state index contributed by atoms with van der Waals surface area (Å²) in [5.74, 6) is 0.0791. The number of nitrogens with zero attached hydrogens (tertiary/aromatic N) is 3. The van der Waals surface area contributed by atoms with Crippen molar-refractivity contribution in [3.8, 4) is 0 Å². The Hall–Kier alpha value is -3.49. The molecule has 0 saturated carbocycles. The van der Waals surface area contributed by atoms with Gasteiger partial charge in [-0.25, -0.2) is 4.98 Å². The molecule has 0 amide bonds. The Kier molecular flexibility index (Phi) is 7.27. The number of benzene rings is 2. The van der Waals surface area contributed by atoms with Gasteiger partial charge in [-0.3, -0.25) is 9.78 Å². The molecular formula is C24H27N5O3. The number of aromatic nitrogens is 4. The molecule has 0 saturated heterocycles. The van der Waals surface area contributed by atoms with Crippen molar-refractivity contribution < 1.29 is 9.47 Å². The van der Waals surface area contributed by atoms with Crippen LogP contribution in [0.4, 0.5) is 5.95 Å². The first kappa shape index (κ1) is 21.7. The van der Waals surface area contributed by atoms with Crippen molar-refractivity contribution in [2.45, 2.75) is 38.7 Å². The molecule has 0 fully saturated rings. The van der Waals surface area contributed by atoms with E-state index in [9.17, 15) is 4.79 Å². The molecule has 0 aliphatic carbocycles. The number of nitrogens with two attached hydrogens (primary N) is 1. The highest BCUT2D eigenvalue weighted by atomic mass is 16.5. The first-order chi connectivity index (χ1) is 15.7. The summed E-state index contributed by atoms with van der Waals surface area (Å²) in [6, 6.07) is 20.2. The van der Waals surface area contributed by atoms with Crippen LogP contribution in [0.15, 0.2) is 71.8 Å². The smallest absolute Gasteiger partial charge is 0.280 e. The fourth-order valence-corrected chi connectivity index (χ4v) is 3.50. The minimum Gasteiger partial charge on any atom is -0.377 e. The number of H-pyrrole nitrogens is 1. The molecule has 1 atom stereocenters. The summed E-state index contributed by atoms with van der Waals surface area (Å²) >= 11 is 0. The number of aromatic amines is 1. The molecule has 4 aromatic rings. The van der Waals surface area contributed by atoms with Crippen LogP contribution in [0.3, 0.4) is 0 Å². The van der Waals surface area contributed by atoms with Gasteiger partial charge in [0.2, 0.25) is 5.95 Å². The van der Waals surface area contributed by atoms with Crippen molar-refractivity contribution >= 4 is 17.1 Å². The number of anilines is 1. The van der Waals surface area contributed by atoms with E-state index in [4.69, 9.17) is 15.2 Å². The van der Waals surface area contributed by atoms with Crippen LogP contribution in [0.2, 0.25) is 0 Å². The van der Waals surface area contributed by atoms with Crippen LogP contribution in [0.25, 0.3) is 11.2 Å². The van der Waals surface area contributed by atoms with Crippen LogP contribution in [-0.2, 0) is 29.2 Å². The number of aryl methyl sites for hydroxylation is 1. The van der Waals surface area contributed by atoms with Crippen LogP contribution in [-0.4, -0.2) is 32.2 Å². The number of nitrogen functional groups attached to an aromatic ring is 1. The number of ether oxygens (including phenoxy) is 2. The molecule has 8 nitrogen and oxygen atoms in total. The topological polar surface area (TPSA) is 108 Å². The Morgan fingerprint density at radius 2 is 1.66 bits per heavy atom. The van der Waals surface area contributed by atoms with Crippen LogP contribution >= 0.6 is 0 Å². The summed E-state index contributed by atoms with van der Waals surface area (Å²) in [6.45, 7) is 2.29. The summed E-state index contributed by atoms with van der Waals surface area (Å²) in [7, 11) is 0. The molecule has 0 bridgehead atoms. The van der Waals surface area contributed by atoms with Crippen LogP contribution < -0.4 is 11.3 Å². The largest absolute Gasteiger partial charge is 0.377 e. The van der Waals surface area contributed by atoms with E-state index in [1.165, 1.54) is 0 Å². The van der Waals surface area contributed by atoms with Gasteiger partial charge in [0.15, 0.2) is 11.2 Å². The molecule has 4 rings (SSSR count). The zero-order chi connectivity index (χ0) is 22.2. The van der Waals surface area contributed by atoms with E-state index in [1.54, 1.807) is 6.33 Å². The Labute approximate surface area is 186 Å². The highest BCUT2D eigenvalue weighted by Crippen LogP contribution is 2.14. The number of nitrogens with one attached hydrogen (secondary N) is 1. The highest BCUT2D eigenvalue weighted by molar-refractivity contribution is 5.70. The predicted octanol–water partition coefficient (Wildman–Crippen LogP) is 3.28. The van der Waals surface area contributed by atoms with Gasteiger partial charge in [-0.1, -0.05) is 60.7 Å². The predicted molar refractivity (Wildman–Crippen MR) is 123 cm³/mol. The minimum absolute atomic E-state index is 0.0252. The van der Waals surface area contributed by atoms with Gasteiger partial charge in [0.05, 0.1) is 25.6 Å². The Morgan fingerprint density at radius 3 is 2.38 bits per heavy atom. The lowest BCUT2D eigenvalue weighted by Gasteiger charge is -2.19. The van der Waals surface area contributed by atoms with Crippen LogP contribution in [0.5, 0.6) is 0 Å². The van der Waals surface area contributed by atoms with Crippen molar-refractivity contribution in [1.82, 2.24) is 19.5 Å². The van der Waals surface area contributed by atoms with E-state index in [0.717, 1.165) is 24.0 Å². The average Bonchev–Trinajstić information content (AvgIpc) is 3.22. The molecule has 0 aliphatic rings. The molecule has 0 radical (unpaired) electrons. The van der Waals surface area contributed by atoms with Gasteiger partial charge < -0.3 is 19.8 Å². The molecule has 32 heavy (non-hydrogen) atoms. The zero-order valence-electron chi connectivity index (χ0n) is 17.8. The first-order valence-corrected chi connectivity index (χ1v) is 10.7. The van der Waals surface area contributed by atoms with E-state index in [1.807, 2.05) is 65.2 Å². The first-order valence-electron chi connectivity index (χ1n) is 10.7. The molecule has 0 unspecified atom stereocenters.